The van der Waals surface area contributed by atoms with Crippen molar-refractivity contribution in [1.82, 2.24) is 0 Å². The van der Waals surface area contributed by atoms with Crippen LogP contribution in [0.25, 0.3) is 0 Å². The smallest absolute Gasteiger partial charge is 0.462 e. The van der Waals surface area contributed by atoms with Crippen LogP contribution >= 0.6 is 7.82 Å². The van der Waals surface area contributed by atoms with Gasteiger partial charge in [-0.25, -0.2) is 4.57 Å². The lowest BCUT2D eigenvalue weighted by Gasteiger charge is -2.18. The Labute approximate surface area is 339 Å². The normalized spacial score (nSPS) is 12.4. The van der Waals surface area contributed by atoms with Gasteiger partial charge in [-0.2, -0.15) is 0 Å². The lowest BCUT2D eigenvalue weighted by Crippen LogP contribution is -2.29. The summed E-state index contributed by atoms with van der Waals surface area (Å²) in [6, 6.07) is 0. The monoisotopic (exact) mass is 801 g/mol. The van der Waals surface area contributed by atoms with Gasteiger partial charge in [-0.3, -0.25) is 14.1 Å². The van der Waals surface area contributed by atoms with Gasteiger partial charge < -0.3 is 19.3 Å². The lowest BCUT2D eigenvalue weighted by atomic mass is 10.0. The second-order valence-electron chi connectivity index (χ2n) is 16.1. The SMILES string of the molecule is CCCCCCCCCC/C=C\CCCCCCCCCCCC(=O)OC(COC(=O)CCCCCCCCCCCCCCCCCC)COP(=O)(O)O. The molecule has 0 saturated heterocycles. The Morgan fingerprint density at radius 2 is 0.764 bits per heavy atom. The van der Waals surface area contributed by atoms with E-state index in [1.165, 1.54) is 180 Å². The molecule has 0 aliphatic rings. The molecule has 1 unspecified atom stereocenters. The molecular formula is C46H89O8P. The molecule has 8 nitrogen and oxygen atoms in total. The average molecular weight is 801 g/mol. The van der Waals surface area contributed by atoms with Gasteiger partial charge in [0.25, 0.3) is 0 Å². The molecule has 1 atom stereocenters. The van der Waals surface area contributed by atoms with E-state index < -0.39 is 32.5 Å². The zero-order valence-corrected chi connectivity index (χ0v) is 37.0. The van der Waals surface area contributed by atoms with Crippen LogP contribution in [0, 0.1) is 0 Å². The van der Waals surface area contributed by atoms with E-state index >= 15 is 0 Å². The van der Waals surface area contributed by atoms with E-state index in [0.717, 1.165) is 38.5 Å². The summed E-state index contributed by atoms with van der Waals surface area (Å²) in [5.74, 6) is -0.871. The van der Waals surface area contributed by atoms with E-state index in [4.69, 9.17) is 19.3 Å². The number of phosphoric ester groups is 1. The predicted octanol–water partition coefficient (Wildman–Crippen LogP) is 14.6. The minimum atomic E-state index is -4.75. The first-order valence-corrected chi connectivity index (χ1v) is 25.0. The van der Waals surface area contributed by atoms with Gasteiger partial charge in [0, 0.05) is 12.8 Å². The van der Waals surface area contributed by atoms with Crippen LogP contribution in [-0.2, 0) is 28.2 Å². The van der Waals surface area contributed by atoms with Crippen LogP contribution in [0.1, 0.15) is 251 Å². The summed E-state index contributed by atoms with van der Waals surface area (Å²) < 4.78 is 26.5. The zero-order valence-electron chi connectivity index (χ0n) is 36.1. The van der Waals surface area contributed by atoms with Gasteiger partial charge in [-0.05, 0) is 38.5 Å². The Morgan fingerprint density at radius 1 is 0.455 bits per heavy atom. The van der Waals surface area contributed by atoms with Gasteiger partial charge in [0.15, 0.2) is 6.10 Å². The molecule has 0 aromatic rings. The van der Waals surface area contributed by atoms with Crippen molar-refractivity contribution in [3.63, 3.8) is 0 Å². The number of carbonyl (C=O) groups is 2. The fourth-order valence-electron chi connectivity index (χ4n) is 7.02. The Morgan fingerprint density at radius 3 is 1.11 bits per heavy atom. The van der Waals surface area contributed by atoms with Gasteiger partial charge in [0.1, 0.15) is 6.61 Å². The minimum absolute atomic E-state index is 0.214. The maximum atomic E-state index is 12.4. The third-order valence-corrected chi connectivity index (χ3v) is 11.0. The molecule has 0 radical (unpaired) electrons. The maximum Gasteiger partial charge on any atom is 0.469 e. The van der Waals surface area contributed by atoms with Gasteiger partial charge in [-0.1, -0.05) is 212 Å². The maximum absolute atomic E-state index is 12.4. The van der Waals surface area contributed by atoms with Crippen LogP contribution in [0.3, 0.4) is 0 Å². The first-order valence-electron chi connectivity index (χ1n) is 23.5. The van der Waals surface area contributed by atoms with E-state index in [-0.39, 0.29) is 19.4 Å². The third kappa shape index (κ3) is 45.4. The Kier molecular flexibility index (Phi) is 41.5. The van der Waals surface area contributed by atoms with Crippen molar-refractivity contribution in [3.05, 3.63) is 12.2 Å². The standard InChI is InChI=1S/C46H89O8P/c1-3-5-7-9-11-13-15-17-19-21-22-23-24-25-27-29-31-33-35-37-39-41-46(48)54-44(43-53-55(49,50)51)42-52-45(47)40-38-36-34-32-30-28-26-20-18-16-14-12-10-8-6-4-2/h21-22,44H,3-20,23-43H2,1-2H3,(H2,49,50,51)/b22-21-. The van der Waals surface area contributed by atoms with Crippen molar-refractivity contribution in [2.45, 2.75) is 258 Å². The topological polar surface area (TPSA) is 119 Å². The molecule has 0 rings (SSSR count). The van der Waals surface area contributed by atoms with Crippen LogP contribution in [-0.4, -0.2) is 41.0 Å². The van der Waals surface area contributed by atoms with Crippen LogP contribution < -0.4 is 0 Å². The summed E-state index contributed by atoms with van der Waals surface area (Å²) in [6.45, 7) is 3.72. The molecule has 0 bridgehead atoms. The highest BCUT2D eigenvalue weighted by atomic mass is 31.2. The second kappa shape index (κ2) is 42.4. The van der Waals surface area contributed by atoms with Crippen LogP contribution in [0.2, 0.25) is 0 Å². The van der Waals surface area contributed by atoms with Crippen molar-refractivity contribution in [3.8, 4) is 0 Å². The predicted molar refractivity (Wildman–Crippen MR) is 230 cm³/mol. The van der Waals surface area contributed by atoms with E-state index in [2.05, 4.69) is 30.5 Å². The molecular weight excluding hydrogens is 711 g/mol. The van der Waals surface area contributed by atoms with Crippen molar-refractivity contribution in [1.29, 1.82) is 0 Å². The molecule has 0 aliphatic carbocycles. The molecule has 0 aromatic heterocycles. The van der Waals surface area contributed by atoms with E-state index in [1.54, 1.807) is 0 Å². The van der Waals surface area contributed by atoms with Crippen LogP contribution in [0.5, 0.6) is 0 Å². The van der Waals surface area contributed by atoms with Crippen LogP contribution in [0.15, 0.2) is 12.2 Å². The number of esters is 2. The molecule has 0 amide bonds. The average Bonchev–Trinajstić information content (AvgIpc) is 3.16. The Hall–Kier alpha value is -1.21. The summed E-state index contributed by atoms with van der Waals surface area (Å²) in [6.07, 6.45) is 47.9. The van der Waals surface area contributed by atoms with Crippen LogP contribution in [0.4, 0.5) is 0 Å². The number of hydrogen-bond acceptors (Lipinski definition) is 6. The number of carbonyl (C=O) groups excluding carboxylic acids is 2. The fourth-order valence-corrected chi connectivity index (χ4v) is 7.38. The fraction of sp³-hybridized carbons (Fsp3) is 0.913. The highest BCUT2D eigenvalue weighted by molar-refractivity contribution is 7.46. The number of phosphoric acid groups is 1. The number of allylic oxidation sites excluding steroid dienone is 2. The number of unbranched alkanes of at least 4 members (excludes halogenated alkanes) is 32. The molecule has 0 aromatic carbocycles. The molecule has 0 spiro atoms. The molecule has 2 N–H and O–H groups in total. The molecule has 0 fully saturated rings. The number of hydrogen-bond donors (Lipinski definition) is 2. The van der Waals surface area contributed by atoms with Gasteiger partial charge in [-0.15, -0.1) is 0 Å². The van der Waals surface area contributed by atoms with Gasteiger partial charge in [0.05, 0.1) is 6.61 Å². The summed E-state index contributed by atoms with van der Waals surface area (Å²) in [5, 5.41) is 0. The van der Waals surface area contributed by atoms with Crippen molar-refractivity contribution in [2.75, 3.05) is 13.2 Å². The summed E-state index contributed by atoms with van der Waals surface area (Å²) in [4.78, 5) is 43.0. The van der Waals surface area contributed by atoms with Crippen molar-refractivity contribution >= 4 is 19.8 Å². The van der Waals surface area contributed by atoms with E-state index in [9.17, 15) is 14.2 Å². The minimum Gasteiger partial charge on any atom is -0.462 e. The van der Waals surface area contributed by atoms with Gasteiger partial charge >= 0.3 is 19.8 Å². The van der Waals surface area contributed by atoms with E-state index in [0.29, 0.717) is 6.42 Å². The first kappa shape index (κ1) is 53.8. The number of ether oxygens (including phenoxy) is 2. The number of rotatable bonds is 44. The molecule has 0 aliphatic heterocycles. The first-order chi connectivity index (χ1) is 26.8. The summed E-state index contributed by atoms with van der Waals surface area (Å²) in [5.41, 5.74) is 0. The van der Waals surface area contributed by atoms with E-state index in [1.807, 2.05) is 0 Å². The zero-order chi connectivity index (χ0) is 40.3. The Balaban J connectivity index is 3.82. The third-order valence-electron chi connectivity index (χ3n) is 10.5. The quantitative estimate of drug-likeness (QED) is 0.0271. The summed E-state index contributed by atoms with van der Waals surface area (Å²) in [7, 11) is -4.75. The molecule has 9 heteroatoms. The molecule has 0 heterocycles. The summed E-state index contributed by atoms with van der Waals surface area (Å²) >= 11 is 0. The highest BCUT2D eigenvalue weighted by Gasteiger charge is 2.23. The second-order valence-corrected chi connectivity index (χ2v) is 17.3. The largest absolute Gasteiger partial charge is 0.469 e. The Bertz CT molecular complexity index is 904. The molecule has 0 saturated carbocycles. The van der Waals surface area contributed by atoms with Crippen molar-refractivity contribution < 1.29 is 37.9 Å². The highest BCUT2D eigenvalue weighted by Crippen LogP contribution is 2.36. The molecule has 55 heavy (non-hydrogen) atoms. The van der Waals surface area contributed by atoms with Crippen molar-refractivity contribution in [2.24, 2.45) is 0 Å². The molecule has 326 valence electrons. The lowest BCUT2D eigenvalue weighted by molar-refractivity contribution is -0.161. The van der Waals surface area contributed by atoms with Gasteiger partial charge in [0.2, 0.25) is 0 Å².